The van der Waals surface area contributed by atoms with Crippen LogP contribution >= 0.6 is 0 Å². The van der Waals surface area contributed by atoms with Crippen LogP contribution in [-0.4, -0.2) is 162 Å². The Labute approximate surface area is 293 Å². The van der Waals surface area contributed by atoms with E-state index in [1.165, 1.54) is 0 Å². The van der Waals surface area contributed by atoms with Gasteiger partial charge in [-0.15, -0.1) is 0 Å². The Balaban J connectivity index is 3.27. The van der Waals surface area contributed by atoms with E-state index in [4.69, 9.17) is 19.9 Å². The van der Waals surface area contributed by atoms with Crippen molar-refractivity contribution in [3.05, 3.63) is 0 Å². The fourth-order valence-corrected chi connectivity index (χ4v) is 5.07. The molecule has 1 atom stereocenters. The summed E-state index contributed by atoms with van der Waals surface area (Å²) in [6, 6.07) is -1.03. The van der Waals surface area contributed by atoms with Crippen molar-refractivity contribution < 1.29 is 43.3 Å². The van der Waals surface area contributed by atoms with E-state index in [0.717, 1.165) is 0 Å². The van der Waals surface area contributed by atoms with Crippen LogP contribution < -0.4 is 11.1 Å². The number of nitrogens with one attached hydrogen (secondary N) is 1. The Hall–Kier alpha value is -2.85. The van der Waals surface area contributed by atoms with Gasteiger partial charge in [-0.25, -0.2) is 4.79 Å². The highest BCUT2D eigenvalue weighted by Crippen LogP contribution is 2.11. The maximum atomic E-state index is 13.1. The van der Waals surface area contributed by atoms with E-state index >= 15 is 0 Å². The van der Waals surface area contributed by atoms with Gasteiger partial charge >= 0.3 is 23.9 Å². The number of esters is 3. The van der Waals surface area contributed by atoms with Crippen molar-refractivity contribution in [1.29, 1.82) is 0 Å². The van der Waals surface area contributed by atoms with Gasteiger partial charge in [0.05, 0.1) is 26.2 Å². The van der Waals surface area contributed by atoms with Crippen LogP contribution in [0.2, 0.25) is 0 Å². The van der Waals surface area contributed by atoms with Gasteiger partial charge in [-0.3, -0.25) is 38.8 Å². The number of carboxylic acids is 1. The van der Waals surface area contributed by atoms with Crippen molar-refractivity contribution in [3.8, 4) is 0 Å². The molecule has 0 aliphatic carbocycles. The summed E-state index contributed by atoms with van der Waals surface area (Å²) in [6.45, 7) is 19.8. The molecule has 1 amide bonds. The van der Waals surface area contributed by atoms with E-state index in [2.05, 4.69) is 5.32 Å². The second-order valence-electron chi connectivity index (χ2n) is 15.6. The monoisotopic (exact) mass is 700 g/mol. The van der Waals surface area contributed by atoms with Crippen LogP contribution in [0.15, 0.2) is 0 Å². The first-order chi connectivity index (χ1) is 22.5. The Morgan fingerprint density at radius 2 is 0.898 bits per heavy atom. The Morgan fingerprint density at radius 1 is 0.592 bits per heavy atom. The van der Waals surface area contributed by atoms with Crippen molar-refractivity contribution in [2.24, 2.45) is 5.73 Å². The van der Waals surface area contributed by atoms with E-state index in [1.54, 1.807) is 41.5 Å². The first kappa shape index (κ1) is 44.2. The first-order valence-electron chi connectivity index (χ1n) is 17.3. The highest BCUT2D eigenvalue weighted by atomic mass is 16.6. The van der Waals surface area contributed by atoms with Crippen molar-refractivity contribution in [2.75, 3.05) is 85.1 Å². The van der Waals surface area contributed by atoms with Gasteiger partial charge in [0.1, 0.15) is 22.8 Å². The smallest absolute Gasteiger partial charge is 0.326 e. The van der Waals surface area contributed by atoms with Crippen LogP contribution in [-0.2, 0) is 38.2 Å². The van der Waals surface area contributed by atoms with Crippen LogP contribution in [0, 0.1) is 0 Å². The summed E-state index contributed by atoms with van der Waals surface area (Å²) in [5, 5.41) is 12.3. The molecule has 1 saturated heterocycles. The third-order valence-electron chi connectivity index (χ3n) is 7.20. The van der Waals surface area contributed by atoms with Gasteiger partial charge in [0.15, 0.2) is 0 Å². The normalized spacial score (nSPS) is 17.7. The summed E-state index contributed by atoms with van der Waals surface area (Å²) in [5.41, 5.74) is 3.56. The zero-order chi connectivity index (χ0) is 37.4. The van der Waals surface area contributed by atoms with Gasteiger partial charge in [-0.2, -0.15) is 0 Å². The minimum atomic E-state index is -1.11. The topological polar surface area (TPSA) is 184 Å². The third-order valence-corrected chi connectivity index (χ3v) is 7.20. The number of carbonyl (C=O) groups excluding carboxylic acids is 4. The molecule has 0 radical (unpaired) electrons. The maximum Gasteiger partial charge on any atom is 0.326 e. The molecule has 1 heterocycles. The molecular formula is C34H64N6O9. The predicted molar refractivity (Wildman–Crippen MR) is 186 cm³/mol. The molecule has 0 spiro atoms. The van der Waals surface area contributed by atoms with Crippen LogP contribution in [0.1, 0.15) is 81.6 Å². The van der Waals surface area contributed by atoms with Gasteiger partial charge in [0.2, 0.25) is 5.91 Å². The molecule has 0 aromatic rings. The number of hydrogen-bond acceptors (Lipinski definition) is 13. The van der Waals surface area contributed by atoms with E-state index in [-0.39, 0.29) is 38.6 Å². The number of nitrogens with two attached hydrogens (primary N) is 1. The molecule has 49 heavy (non-hydrogen) atoms. The second-order valence-corrected chi connectivity index (χ2v) is 15.6. The molecule has 15 heteroatoms. The zero-order valence-electron chi connectivity index (χ0n) is 31.5. The number of amides is 1. The number of hydrogen-bond donors (Lipinski definition) is 3. The van der Waals surface area contributed by atoms with Gasteiger partial charge in [-0.1, -0.05) is 0 Å². The van der Waals surface area contributed by atoms with Crippen LogP contribution in [0.25, 0.3) is 0 Å². The number of unbranched alkanes of at least 4 members (excludes halogenated alkanes) is 1. The highest BCUT2D eigenvalue weighted by Gasteiger charge is 2.27. The fourth-order valence-electron chi connectivity index (χ4n) is 5.07. The average molecular weight is 701 g/mol. The summed E-state index contributed by atoms with van der Waals surface area (Å²) in [4.78, 5) is 71.2. The quantitative estimate of drug-likeness (QED) is 0.132. The van der Waals surface area contributed by atoms with Crippen molar-refractivity contribution in [3.63, 3.8) is 0 Å². The minimum absolute atomic E-state index is 0.00455. The molecule has 0 saturated carbocycles. The summed E-state index contributed by atoms with van der Waals surface area (Å²) in [7, 11) is 0. The number of carboxylic acid groups (broad SMARTS) is 1. The number of carbonyl (C=O) groups is 5. The van der Waals surface area contributed by atoms with Crippen LogP contribution in [0.5, 0.6) is 0 Å². The molecule has 1 fully saturated rings. The molecule has 1 aliphatic heterocycles. The number of rotatable bonds is 14. The lowest BCUT2D eigenvalue weighted by Gasteiger charge is -2.34. The van der Waals surface area contributed by atoms with E-state index in [9.17, 15) is 29.1 Å². The van der Waals surface area contributed by atoms with Gasteiger partial charge in [0, 0.05) is 52.4 Å². The molecule has 284 valence electrons. The Morgan fingerprint density at radius 3 is 1.16 bits per heavy atom. The predicted octanol–water partition coefficient (Wildman–Crippen LogP) is 0.932. The Bertz CT molecular complexity index is 1020. The van der Waals surface area contributed by atoms with Crippen LogP contribution in [0.3, 0.4) is 0 Å². The van der Waals surface area contributed by atoms with E-state index in [1.807, 2.05) is 40.4 Å². The molecule has 0 unspecified atom stereocenters. The molecule has 4 N–H and O–H groups in total. The number of ether oxygens (including phenoxy) is 3. The van der Waals surface area contributed by atoms with Gasteiger partial charge in [-0.05, 0) is 88.1 Å². The summed E-state index contributed by atoms with van der Waals surface area (Å²) in [5.74, 6) is -2.71. The molecule has 15 nitrogen and oxygen atoms in total. The van der Waals surface area contributed by atoms with E-state index in [0.29, 0.717) is 71.7 Å². The number of aliphatic carboxylic acids is 1. The molecule has 1 aliphatic rings. The van der Waals surface area contributed by atoms with E-state index < -0.39 is 46.7 Å². The highest BCUT2D eigenvalue weighted by molar-refractivity contribution is 5.84. The first-order valence-corrected chi connectivity index (χ1v) is 17.3. The van der Waals surface area contributed by atoms with Crippen molar-refractivity contribution in [2.45, 2.75) is 104 Å². The van der Waals surface area contributed by atoms with Crippen molar-refractivity contribution >= 4 is 29.8 Å². The SMILES string of the molecule is CC(C)(C)OC(=O)CN1CCN(CC(=O)N[C@H](CCCCN)C(=O)O)CCN(CC(=O)OC(C)(C)C)CCN(CC(=O)OC(C)(C)C)CC1. The molecule has 0 aromatic carbocycles. The number of nitrogens with zero attached hydrogens (tertiary/aromatic N) is 4. The molecule has 1 rings (SSSR count). The largest absolute Gasteiger partial charge is 0.480 e. The van der Waals surface area contributed by atoms with Crippen LogP contribution in [0.4, 0.5) is 0 Å². The average Bonchev–Trinajstić information content (AvgIpc) is 2.90. The lowest BCUT2D eigenvalue weighted by Crippen LogP contribution is -2.51. The summed E-state index contributed by atoms with van der Waals surface area (Å²) < 4.78 is 16.7. The standard InChI is InChI=1S/C34H64N6O9/c1-32(2,3)47-28(42)23-38-16-14-37(22-27(41)36-26(31(45)46)12-10-11-13-35)15-17-39(24-29(43)48-33(4,5)6)19-21-40(20-18-38)25-30(44)49-34(7,8)9/h26H,10-25,35H2,1-9H3,(H,36,41)(H,45,46)/t26-/m1/s1. The molecule has 0 aromatic heterocycles. The third kappa shape index (κ3) is 22.5. The summed E-state index contributed by atoms with van der Waals surface area (Å²) >= 11 is 0. The zero-order valence-corrected chi connectivity index (χ0v) is 31.5. The van der Waals surface area contributed by atoms with Gasteiger partial charge in [0.25, 0.3) is 0 Å². The lowest BCUT2D eigenvalue weighted by atomic mass is 10.1. The molecular weight excluding hydrogens is 636 g/mol. The lowest BCUT2D eigenvalue weighted by molar-refractivity contribution is -0.158. The Kier molecular flexibility index (Phi) is 18.7. The van der Waals surface area contributed by atoms with Crippen molar-refractivity contribution in [1.82, 2.24) is 24.9 Å². The maximum absolute atomic E-state index is 13.1. The fraction of sp³-hybridized carbons (Fsp3) is 0.853. The van der Waals surface area contributed by atoms with Gasteiger partial charge < -0.3 is 30.4 Å². The molecule has 0 bridgehead atoms. The minimum Gasteiger partial charge on any atom is -0.480 e. The summed E-state index contributed by atoms with van der Waals surface area (Å²) in [6.07, 6.45) is 1.50. The second kappa shape index (κ2) is 20.7.